The summed E-state index contributed by atoms with van der Waals surface area (Å²) in [4.78, 5) is 40.9. The molecule has 2 atom stereocenters. The number of fused-ring (bicyclic) bond motifs is 1. The Labute approximate surface area is 152 Å². The molecular weight excluding hydrogens is 332 g/mol. The number of carboxylic acids is 1. The Kier molecular flexibility index (Phi) is 4.01. The first-order valence-corrected chi connectivity index (χ1v) is 9.29. The van der Waals surface area contributed by atoms with Crippen LogP contribution in [0.1, 0.15) is 35.2 Å². The fraction of sp³-hybridized carbons (Fsp3) is 0.550. The zero-order valence-corrected chi connectivity index (χ0v) is 15.0. The van der Waals surface area contributed by atoms with E-state index in [0.717, 1.165) is 24.8 Å². The van der Waals surface area contributed by atoms with E-state index in [-0.39, 0.29) is 36.7 Å². The molecule has 1 unspecified atom stereocenters. The summed E-state index contributed by atoms with van der Waals surface area (Å²) >= 11 is 0. The second kappa shape index (κ2) is 6.11. The molecule has 0 radical (unpaired) electrons. The standard InChI is InChI=1S/C20H24N2O4/c1-13-4-2-7-15(8-13)18(24)22-10-16-9-21(17(23)14-5-3-6-14)11-20(16,12-22)19(25)26/h2,4,7-8,14,16H,3,5-6,9-12H2,1H3,(H,25,26)/t16?,20-/m1/s1. The minimum absolute atomic E-state index is 0.0738. The first-order valence-electron chi connectivity index (χ1n) is 9.29. The molecule has 2 amide bonds. The molecule has 26 heavy (non-hydrogen) atoms. The Hall–Kier alpha value is -2.37. The molecule has 1 aromatic carbocycles. The van der Waals surface area contributed by atoms with Crippen LogP contribution in [0.5, 0.6) is 0 Å². The Morgan fingerprint density at radius 1 is 1.12 bits per heavy atom. The second-order valence-electron chi connectivity index (χ2n) is 8.06. The summed E-state index contributed by atoms with van der Waals surface area (Å²) in [6.45, 7) is 3.17. The van der Waals surface area contributed by atoms with Gasteiger partial charge in [0.15, 0.2) is 0 Å². The van der Waals surface area contributed by atoms with Crippen LogP contribution in [0, 0.1) is 24.2 Å². The number of amides is 2. The SMILES string of the molecule is Cc1cccc(C(=O)N2CC3CN(C(=O)C4CCC4)C[C@@]3(C(=O)O)C2)c1. The summed E-state index contributed by atoms with van der Waals surface area (Å²) < 4.78 is 0. The molecule has 138 valence electrons. The summed E-state index contributed by atoms with van der Waals surface area (Å²) in [5.74, 6) is -1.04. The number of hydrogen-bond donors (Lipinski definition) is 1. The molecule has 6 nitrogen and oxygen atoms in total. The van der Waals surface area contributed by atoms with Gasteiger partial charge in [-0.3, -0.25) is 14.4 Å². The predicted octanol–water partition coefficient (Wildman–Crippen LogP) is 1.78. The van der Waals surface area contributed by atoms with E-state index in [2.05, 4.69) is 0 Å². The molecule has 1 aromatic rings. The minimum atomic E-state index is -1.03. The van der Waals surface area contributed by atoms with Crippen molar-refractivity contribution in [3.8, 4) is 0 Å². The molecule has 1 N–H and O–H groups in total. The lowest BCUT2D eigenvalue weighted by atomic mass is 9.81. The van der Waals surface area contributed by atoms with Crippen LogP contribution in [0.3, 0.4) is 0 Å². The normalized spacial score (nSPS) is 28.0. The number of rotatable bonds is 3. The van der Waals surface area contributed by atoms with Crippen molar-refractivity contribution < 1.29 is 19.5 Å². The van der Waals surface area contributed by atoms with Crippen molar-refractivity contribution in [2.24, 2.45) is 17.3 Å². The van der Waals surface area contributed by atoms with Crippen molar-refractivity contribution in [3.05, 3.63) is 35.4 Å². The highest BCUT2D eigenvalue weighted by Gasteiger charge is 2.59. The zero-order valence-electron chi connectivity index (χ0n) is 15.0. The van der Waals surface area contributed by atoms with E-state index in [4.69, 9.17) is 0 Å². The van der Waals surface area contributed by atoms with Gasteiger partial charge >= 0.3 is 5.97 Å². The minimum Gasteiger partial charge on any atom is -0.481 e. The lowest BCUT2D eigenvalue weighted by Crippen LogP contribution is -2.44. The molecule has 0 aromatic heterocycles. The molecule has 3 aliphatic rings. The smallest absolute Gasteiger partial charge is 0.313 e. The summed E-state index contributed by atoms with van der Waals surface area (Å²) in [6.07, 6.45) is 2.91. The summed E-state index contributed by atoms with van der Waals surface area (Å²) in [5, 5.41) is 9.92. The molecule has 0 spiro atoms. The van der Waals surface area contributed by atoms with Crippen molar-refractivity contribution in [1.29, 1.82) is 0 Å². The van der Waals surface area contributed by atoms with Crippen LogP contribution in [0.4, 0.5) is 0 Å². The molecule has 6 heteroatoms. The number of aryl methyl sites for hydroxylation is 1. The summed E-state index contributed by atoms with van der Waals surface area (Å²) in [5.41, 5.74) is 0.562. The number of likely N-dealkylation sites (tertiary alicyclic amines) is 2. The molecular formula is C20H24N2O4. The Morgan fingerprint density at radius 3 is 2.38 bits per heavy atom. The van der Waals surface area contributed by atoms with Gasteiger partial charge in [-0.1, -0.05) is 24.1 Å². The fourth-order valence-corrected chi connectivity index (χ4v) is 4.56. The van der Waals surface area contributed by atoms with Gasteiger partial charge in [-0.05, 0) is 31.9 Å². The van der Waals surface area contributed by atoms with Gasteiger partial charge in [0, 0.05) is 43.6 Å². The molecule has 0 bridgehead atoms. The maximum absolute atomic E-state index is 12.8. The summed E-state index contributed by atoms with van der Waals surface area (Å²) in [6, 6.07) is 7.36. The highest BCUT2D eigenvalue weighted by Crippen LogP contribution is 2.44. The van der Waals surface area contributed by atoms with E-state index in [0.29, 0.717) is 18.7 Å². The molecule has 4 rings (SSSR count). The largest absolute Gasteiger partial charge is 0.481 e. The van der Waals surface area contributed by atoms with Crippen molar-refractivity contribution in [1.82, 2.24) is 9.80 Å². The number of aliphatic carboxylic acids is 1. The van der Waals surface area contributed by atoms with E-state index < -0.39 is 11.4 Å². The maximum Gasteiger partial charge on any atom is 0.313 e. The fourth-order valence-electron chi connectivity index (χ4n) is 4.56. The van der Waals surface area contributed by atoms with E-state index in [1.807, 2.05) is 25.1 Å². The van der Waals surface area contributed by atoms with Crippen LogP contribution in [0.2, 0.25) is 0 Å². The number of carboxylic acid groups (broad SMARTS) is 1. The topological polar surface area (TPSA) is 77.9 Å². The van der Waals surface area contributed by atoms with Crippen LogP contribution < -0.4 is 0 Å². The molecule has 2 saturated heterocycles. The third kappa shape index (κ3) is 2.59. The van der Waals surface area contributed by atoms with Gasteiger partial charge in [0.25, 0.3) is 5.91 Å². The van der Waals surface area contributed by atoms with Crippen molar-refractivity contribution in [2.45, 2.75) is 26.2 Å². The number of carbonyl (C=O) groups is 3. The van der Waals surface area contributed by atoms with E-state index in [9.17, 15) is 19.5 Å². The van der Waals surface area contributed by atoms with Crippen molar-refractivity contribution in [2.75, 3.05) is 26.2 Å². The van der Waals surface area contributed by atoms with Gasteiger partial charge in [0.2, 0.25) is 5.91 Å². The first-order chi connectivity index (χ1) is 12.4. The summed E-state index contributed by atoms with van der Waals surface area (Å²) in [7, 11) is 0. The Bertz CT molecular complexity index is 773. The number of benzene rings is 1. The van der Waals surface area contributed by atoms with Gasteiger partial charge in [-0.2, -0.15) is 0 Å². The van der Waals surface area contributed by atoms with Gasteiger partial charge in [0.05, 0.1) is 0 Å². The molecule has 2 heterocycles. The molecule has 1 aliphatic carbocycles. The number of hydrogen-bond acceptors (Lipinski definition) is 3. The van der Waals surface area contributed by atoms with Crippen LogP contribution in [-0.2, 0) is 9.59 Å². The van der Waals surface area contributed by atoms with Gasteiger partial charge in [0.1, 0.15) is 5.41 Å². The van der Waals surface area contributed by atoms with Crippen LogP contribution in [0.15, 0.2) is 24.3 Å². The van der Waals surface area contributed by atoms with Gasteiger partial charge < -0.3 is 14.9 Å². The van der Waals surface area contributed by atoms with E-state index in [1.54, 1.807) is 15.9 Å². The third-order valence-corrected chi connectivity index (χ3v) is 6.35. The molecule has 3 fully saturated rings. The zero-order chi connectivity index (χ0) is 18.5. The maximum atomic E-state index is 12.8. The average Bonchev–Trinajstić information content (AvgIpc) is 3.07. The molecule has 2 aliphatic heterocycles. The quantitative estimate of drug-likeness (QED) is 0.895. The van der Waals surface area contributed by atoms with Gasteiger partial charge in [-0.25, -0.2) is 0 Å². The van der Waals surface area contributed by atoms with E-state index in [1.165, 1.54) is 0 Å². The van der Waals surface area contributed by atoms with Crippen molar-refractivity contribution >= 4 is 17.8 Å². The highest BCUT2D eigenvalue weighted by atomic mass is 16.4. The van der Waals surface area contributed by atoms with Crippen LogP contribution in [0.25, 0.3) is 0 Å². The first kappa shape index (κ1) is 17.1. The predicted molar refractivity (Wildman–Crippen MR) is 94.6 cm³/mol. The Morgan fingerprint density at radius 2 is 1.81 bits per heavy atom. The average molecular weight is 356 g/mol. The highest BCUT2D eigenvalue weighted by molar-refractivity contribution is 5.95. The third-order valence-electron chi connectivity index (χ3n) is 6.35. The lowest BCUT2D eigenvalue weighted by Gasteiger charge is -2.31. The van der Waals surface area contributed by atoms with Crippen molar-refractivity contribution in [3.63, 3.8) is 0 Å². The number of nitrogens with zero attached hydrogens (tertiary/aromatic N) is 2. The Balaban J connectivity index is 1.52. The lowest BCUT2D eigenvalue weighted by molar-refractivity contribution is -0.149. The second-order valence-corrected chi connectivity index (χ2v) is 8.06. The van der Waals surface area contributed by atoms with Gasteiger partial charge in [-0.15, -0.1) is 0 Å². The van der Waals surface area contributed by atoms with Crippen LogP contribution in [-0.4, -0.2) is 58.9 Å². The van der Waals surface area contributed by atoms with E-state index >= 15 is 0 Å². The molecule has 1 saturated carbocycles. The van der Waals surface area contributed by atoms with Crippen LogP contribution >= 0.6 is 0 Å². The number of carbonyl (C=O) groups excluding carboxylic acids is 2. The monoisotopic (exact) mass is 356 g/mol.